The Bertz CT molecular complexity index is 1020. The van der Waals surface area contributed by atoms with Gasteiger partial charge < -0.3 is 15.3 Å². The number of carbonyl (C=O) groups is 1. The van der Waals surface area contributed by atoms with E-state index < -0.39 is 0 Å². The van der Waals surface area contributed by atoms with Gasteiger partial charge in [-0.05, 0) is 67.8 Å². The van der Waals surface area contributed by atoms with Crippen molar-refractivity contribution >= 4 is 23.1 Å². The lowest BCUT2D eigenvalue weighted by molar-refractivity contribution is 0.102. The maximum Gasteiger partial charge on any atom is 0.255 e. The molecule has 1 amide bonds. The molecule has 4 rings (SSSR count). The van der Waals surface area contributed by atoms with Gasteiger partial charge in [0.1, 0.15) is 11.6 Å². The third kappa shape index (κ3) is 3.24. The van der Waals surface area contributed by atoms with E-state index in [0.29, 0.717) is 11.3 Å². The van der Waals surface area contributed by atoms with Gasteiger partial charge in [-0.1, -0.05) is 18.2 Å². The number of para-hydroxylation sites is 1. The maximum atomic E-state index is 12.7. The van der Waals surface area contributed by atoms with Crippen LogP contribution in [0.5, 0.6) is 5.75 Å². The molecule has 0 spiro atoms. The van der Waals surface area contributed by atoms with Crippen molar-refractivity contribution in [3.8, 4) is 5.75 Å². The monoisotopic (exact) mass is 359 g/mol. The number of hydrogen-bond donors (Lipinski definition) is 2. The number of hydrogen-bond acceptors (Lipinski definition) is 4. The number of aromatic nitrogens is 1. The number of phenolic OH excluding ortho intramolecular Hbond substituents is 1. The van der Waals surface area contributed by atoms with Crippen LogP contribution in [0.3, 0.4) is 0 Å². The summed E-state index contributed by atoms with van der Waals surface area (Å²) in [6, 6.07) is 17.0. The normalized spacial score (nSPS) is 15.5. The van der Waals surface area contributed by atoms with Crippen LogP contribution in [0.1, 0.15) is 28.4 Å². The SMILES string of the molecule is Cc1cc(O)ccc1NC(=O)c1ccnc(N2c3ccccc3CC2C)c1. The van der Waals surface area contributed by atoms with E-state index >= 15 is 0 Å². The molecule has 2 aromatic carbocycles. The molecule has 136 valence electrons. The van der Waals surface area contributed by atoms with Crippen molar-refractivity contribution < 1.29 is 9.90 Å². The Kier molecular flexibility index (Phi) is 4.28. The number of rotatable bonds is 3. The molecule has 0 fully saturated rings. The highest BCUT2D eigenvalue weighted by atomic mass is 16.3. The quantitative estimate of drug-likeness (QED) is 0.679. The molecular formula is C22H21N3O2. The third-order valence-electron chi connectivity index (χ3n) is 4.92. The fourth-order valence-corrected chi connectivity index (χ4v) is 3.59. The summed E-state index contributed by atoms with van der Waals surface area (Å²) < 4.78 is 0. The van der Waals surface area contributed by atoms with Gasteiger partial charge in [-0.3, -0.25) is 4.79 Å². The average Bonchev–Trinajstić information content (AvgIpc) is 2.99. The first-order valence-electron chi connectivity index (χ1n) is 8.97. The Hall–Kier alpha value is -3.34. The topological polar surface area (TPSA) is 65.5 Å². The maximum absolute atomic E-state index is 12.7. The molecule has 0 radical (unpaired) electrons. The molecule has 2 heterocycles. The van der Waals surface area contributed by atoms with Gasteiger partial charge in [0.05, 0.1) is 0 Å². The highest BCUT2D eigenvalue weighted by molar-refractivity contribution is 6.05. The van der Waals surface area contributed by atoms with Crippen LogP contribution in [-0.2, 0) is 6.42 Å². The predicted octanol–water partition coefficient (Wildman–Crippen LogP) is 4.43. The number of aromatic hydroxyl groups is 1. The van der Waals surface area contributed by atoms with Crippen molar-refractivity contribution in [2.45, 2.75) is 26.3 Å². The number of fused-ring (bicyclic) bond motifs is 1. The second kappa shape index (κ2) is 6.76. The summed E-state index contributed by atoms with van der Waals surface area (Å²) in [4.78, 5) is 19.4. The highest BCUT2D eigenvalue weighted by Gasteiger charge is 2.28. The Morgan fingerprint density at radius 2 is 2.00 bits per heavy atom. The minimum absolute atomic E-state index is 0.179. The van der Waals surface area contributed by atoms with Gasteiger partial charge >= 0.3 is 0 Å². The summed E-state index contributed by atoms with van der Waals surface area (Å²) in [5.74, 6) is 0.744. The van der Waals surface area contributed by atoms with Crippen molar-refractivity contribution in [3.63, 3.8) is 0 Å². The Morgan fingerprint density at radius 1 is 1.19 bits per heavy atom. The van der Waals surface area contributed by atoms with Crippen molar-refractivity contribution in [2.24, 2.45) is 0 Å². The lowest BCUT2D eigenvalue weighted by atomic mass is 10.1. The lowest BCUT2D eigenvalue weighted by Crippen LogP contribution is -2.25. The van der Waals surface area contributed by atoms with Gasteiger partial charge in [-0.25, -0.2) is 4.98 Å². The van der Waals surface area contributed by atoms with Crippen molar-refractivity contribution in [3.05, 3.63) is 77.5 Å². The number of benzene rings is 2. The molecule has 1 aliphatic rings. The molecule has 1 aliphatic heterocycles. The first-order chi connectivity index (χ1) is 13.0. The molecule has 0 saturated carbocycles. The zero-order valence-corrected chi connectivity index (χ0v) is 15.3. The molecule has 1 atom stereocenters. The fourth-order valence-electron chi connectivity index (χ4n) is 3.59. The predicted molar refractivity (Wildman–Crippen MR) is 107 cm³/mol. The fraction of sp³-hybridized carbons (Fsp3) is 0.182. The van der Waals surface area contributed by atoms with E-state index in [9.17, 15) is 9.90 Å². The number of pyridine rings is 1. The number of phenols is 1. The zero-order chi connectivity index (χ0) is 19.0. The van der Waals surface area contributed by atoms with Crippen molar-refractivity contribution in [1.82, 2.24) is 4.98 Å². The van der Waals surface area contributed by atoms with Gasteiger partial charge in [-0.2, -0.15) is 0 Å². The molecule has 27 heavy (non-hydrogen) atoms. The van der Waals surface area contributed by atoms with Crippen molar-refractivity contribution in [1.29, 1.82) is 0 Å². The van der Waals surface area contributed by atoms with E-state index in [4.69, 9.17) is 0 Å². The minimum atomic E-state index is -0.201. The van der Waals surface area contributed by atoms with Gasteiger partial charge in [-0.15, -0.1) is 0 Å². The van der Waals surface area contributed by atoms with Crippen LogP contribution in [0.25, 0.3) is 0 Å². The van der Waals surface area contributed by atoms with E-state index in [1.54, 1.807) is 30.5 Å². The average molecular weight is 359 g/mol. The smallest absolute Gasteiger partial charge is 0.255 e. The molecule has 1 aromatic heterocycles. The Balaban J connectivity index is 1.62. The van der Waals surface area contributed by atoms with Gasteiger partial charge in [0.2, 0.25) is 0 Å². The molecular weight excluding hydrogens is 338 g/mol. The summed E-state index contributed by atoms with van der Waals surface area (Å²) in [6.45, 7) is 4.00. The minimum Gasteiger partial charge on any atom is -0.508 e. The molecule has 1 unspecified atom stereocenters. The van der Waals surface area contributed by atoms with Crippen LogP contribution < -0.4 is 10.2 Å². The second-order valence-corrected chi connectivity index (χ2v) is 6.91. The van der Waals surface area contributed by atoms with Crippen LogP contribution >= 0.6 is 0 Å². The van der Waals surface area contributed by atoms with Gasteiger partial charge in [0.15, 0.2) is 0 Å². The van der Waals surface area contributed by atoms with E-state index in [1.165, 1.54) is 5.56 Å². The van der Waals surface area contributed by atoms with Crippen LogP contribution in [-0.4, -0.2) is 22.0 Å². The molecule has 3 aromatic rings. The number of nitrogens with zero attached hydrogens (tertiary/aromatic N) is 2. The van der Waals surface area contributed by atoms with E-state index in [-0.39, 0.29) is 17.7 Å². The zero-order valence-electron chi connectivity index (χ0n) is 15.3. The number of carbonyl (C=O) groups excluding carboxylic acids is 1. The Labute approximate surface area is 158 Å². The van der Waals surface area contributed by atoms with Crippen LogP contribution in [0, 0.1) is 6.92 Å². The lowest BCUT2D eigenvalue weighted by Gasteiger charge is -2.24. The first kappa shape index (κ1) is 17.1. The summed E-state index contributed by atoms with van der Waals surface area (Å²) in [5.41, 5.74) is 4.46. The number of aryl methyl sites for hydroxylation is 1. The first-order valence-corrected chi connectivity index (χ1v) is 8.97. The third-order valence-corrected chi connectivity index (χ3v) is 4.92. The number of nitrogens with one attached hydrogen (secondary N) is 1. The molecule has 0 bridgehead atoms. The van der Waals surface area contributed by atoms with E-state index in [2.05, 4.69) is 34.3 Å². The largest absolute Gasteiger partial charge is 0.508 e. The van der Waals surface area contributed by atoms with Gasteiger partial charge in [0, 0.05) is 29.2 Å². The summed E-state index contributed by atoms with van der Waals surface area (Å²) in [6.07, 6.45) is 2.63. The second-order valence-electron chi connectivity index (χ2n) is 6.91. The Morgan fingerprint density at radius 3 is 2.81 bits per heavy atom. The highest BCUT2D eigenvalue weighted by Crippen LogP contribution is 2.37. The van der Waals surface area contributed by atoms with E-state index in [0.717, 1.165) is 23.5 Å². The summed E-state index contributed by atoms with van der Waals surface area (Å²) in [7, 11) is 0. The molecule has 0 saturated heterocycles. The number of anilines is 3. The van der Waals surface area contributed by atoms with Crippen LogP contribution in [0.2, 0.25) is 0 Å². The van der Waals surface area contributed by atoms with Crippen LogP contribution in [0.15, 0.2) is 60.8 Å². The van der Waals surface area contributed by atoms with Crippen molar-refractivity contribution in [2.75, 3.05) is 10.2 Å². The standard InChI is InChI=1S/C22H21N3O2/c1-14-11-18(26)7-8-19(14)24-22(27)17-9-10-23-21(13-17)25-15(2)12-16-5-3-4-6-20(16)25/h3-11,13,15,26H,12H2,1-2H3,(H,24,27). The molecule has 2 N–H and O–H groups in total. The molecule has 5 heteroatoms. The van der Waals surface area contributed by atoms with Gasteiger partial charge in [0.25, 0.3) is 5.91 Å². The van der Waals surface area contributed by atoms with E-state index in [1.807, 2.05) is 25.1 Å². The molecule has 5 nitrogen and oxygen atoms in total. The summed E-state index contributed by atoms with van der Waals surface area (Å²) >= 11 is 0. The summed E-state index contributed by atoms with van der Waals surface area (Å²) in [5, 5.41) is 12.4. The number of amides is 1. The molecule has 0 aliphatic carbocycles. The van der Waals surface area contributed by atoms with Crippen LogP contribution in [0.4, 0.5) is 17.2 Å².